The summed E-state index contributed by atoms with van der Waals surface area (Å²) in [7, 11) is 3.36. The van der Waals surface area contributed by atoms with E-state index in [1.54, 1.807) is 49.8 Å². The molecule has 2 aromatic heterocycles. The first-order valence-electron chi connectivity index (χ1n) is 7.98. The Morgan fingerprint density at radius 1 is 1.21 bits per heavy atom. The zero-order chi connectivity index (χ0) is 16.9. The maximum absolute atomic E-state index is 12.7. The zero-order valence-corrected chi connectivity index (χ0v) is 13.9. The molecule has 1 amide bonds. The van der Waals surface area contributed by atoms with Gasteiger partial charge in [-0.25, -0.2) is 15.0 Å². The van der Waals surface area contributed by atoms with Crippen LogP contribution in [0.3, 0.4) is 0 Å². The first-order valence-corrected chi connectivity index (χ1v) is 7.98. The van der Waals surface area contributed by atoms with E-state index in [1.807, 2.05) is 6.07 Å². The normalized spacial score (nSPS) is 15.2. The molecule has 0 unspecified atom stereocenters. The molecule has 3 heterocycles. The molecular weight excluding hydrogens is 306 g/mol. The van der Waals surface area contributed by atoms with Crippen LogP contribution >= 0.6 is 0 Å². The molecule has 0 N–H and O–H groups in total. The van der Waals surface area contributed by atoms with Crippen LogP contribution in [0.2, 0.25) is 0 Å². The molecule has 0 radical (unpaired) electrons. The number of methoxy groups -OCH3 is 1. The fourth-order valence-electron chi connectivity index (χ4n) is 2.87. The third-order valence-electron chi connectivity index (χ3n) is 4.33. The standard InChI is InChI=1S/C17H21N5O2/c1-21(14-4-5-15(24-2)20-12-14)16(23)13-6-10-22(11-7-13)17-18-8-3-9-19-17/h3-5,8-9,12-13H,6-7,10-11H2,1-2H3. The summed E-state index contributed by atoms with van der Waals surface area (Å²) >= 11 is 0. The van der Waals surface area contributed by atoms with Gasteiger partial charge in [0.05, 0.1) is 19.0 Å². The van der Waals surface area contributed by atoms with Crippen molar-refractivity contribution in [3.05, 3.63) is 36.8 Å². The number of carbonyl (C=O) groups is 1. The van der Waals surface area contributed by atoms with Crippen LogP contribution in [-0.2, 0) is 4.79 Å². The molecule has 0 aliphatic carbocycles. The molecule has 126 valence electrons. The number of anilines is 2. The van der Waals surface area contributed by atoms with Gasteiger partial charge in [-0.3, -0.25) is 4.79 Å². The van der Waals surface area contributed by atoms with Crippen LogP contribution in [0.4, 0.5) is 11.6 Å². The lowest BCUT2D eigenvalue weighted by Gasteiger charge is -2.33. The third kappa shape index (κ3) is 3.45. The van der Waals surface area contributed by atoms with Gasteiger partial charge in [0.15, 0.2) is 0 Å². The number of hydrogen-bond acceptors (Lipinski definition) is 6. The molecule has 1 saturated heterocycles. The van der Waals surface area contributed by atoms with Gasteiger partial charge in [-0.05, 0) is 25.0 Å². The van der Waals surface area contributed by atoms with E-state index in [-0.39, 0.29) is 11.8 Å². The Labute approximate surface area is 141 Å². The van der Waals surface area contributed by atoms with Crippen molar-refractivity contribution in [2.45, 2.75) is 12.8 Å². The van der Waals surface area contributed by atoms with E-state index < -0.39 is 0 Å². The highest BCUT2D eigenvalue weighted by molar-refractivity contribution is 5.94. The van der Waals surface area contributed by atoms with Crippen LogP contribution in [0.1, 0.15) is 12.8 Å². The summed E-state index contributed by atoms with van der Waals surface area (Å²) in [5.41, 5.74) is 0.773. The number of pyridine rings is 1. The fraction of sp³-hybridized carbons (Fsp3) is 0.412. The first-order chi connectivity index (χ1) is 11.7. The van der Waals surface area contributed by atoms with Crippen LogP contribution in [0.15, 0.2) is 36.8 Å². The maximum atomic E-state index is 12.7. The minimum absolute atomic E-state index is 0.0112. The summed E-state index contributed by atoms with van der Waals surface area (Å²) in [6.07, 6.45) is 6.73. The monoisotopic (exact) mass is 327 g/mol. The van der Waals surface area contributed by atoms with Crippen LogP contribution in [0.5, 0.6) is 5.88 Å². The van der Waals surface area contributed by atoms with Gasteiger partial charge in [-0.15, -0.1) is 0 Å². The predicted molar refractivity (Wildman–Crippen MR) is 91.2 cm³/mol. The van der Waals surface area contributed by atoms with Crippen molar-refractivity contribution in [2.75, 3.05) is 37.0 Å². The number of nitrogens with zero attached hydrogens (tertiary/aromatic N) is 5. The smallest absolute Gasteiger partial charge is 0.230 e. The molecular formula is C17H21N5O2. The number of hydrogen-bond donors (Lipinski definition) is 0. The maximum Gasteiger partial charge on any atom is 0.230 e. The Bertz CT molecular complexity index is 669. The minimum atomic E-state index is 0.0112. The summed E-state index contributed by atoms with van der Waals surface area (Å²) in [5.74, 6) is 1.40. The van der Waals surface area contributed by atoms with Gasteiger partial charge in [0, 0.05) is 44.5 Å². The molecule has 0 spiro atoms. The second-order valence-corrected chi connectivity index (χ2v) is 5.77. The van der Waals surface area contributed by atoms with E-state index in [2.05, 4.69) is 19.9 Å². The van der Waals surface area contributed by atoms with Gasteiger partial charge < -0.3 is 14.5 Å². The number of piperidine rings is 1. The number of amides is 1. The van der Waals surface area contributed by atoms with E-state index in [4.69, 9.17) is 4.74 Å². The first kappa shape index (κ1) is 16.2. The molecule has 0 aromatic carbocycles. The SMILES string of the molecule is COc1ccc(N(C)C(=O)C2CCN(c3ncccn3)CC2)cn1. The van der Waals surface area contributed by atoms with E-state index in [1.165, 1.54) is 0 Å². The summed E-state index contributed by atoms with van der Waals surface area (Å²) in [6.45, 7) is 1.57. The molecule has 24 heavy (non-hydrogen) atoms. The molecule has 0 bridgehead atoms. The highest BCUT2D eigenvalue weighted by atomic mass is 16.5. The minimum Gasteiger partial charge on any atom is -0.481 e. The number of aromatic nitrogens is 3. The molecule has 1 aliphatic rings. The second kappa shape index (κ2) is 7.25. The van der Waals surface area contributed by atoms with Gasteiger partial charge in [0.1, 0.15) is 0 Å². The van der Waals surface area contributed by atoms with Crippen molar-refractivity contribution in [3.8, 4) is 5.88 Å². The lowest BCUT2D eigenvalue weighted by molar-refractivity contribution is -0.122. The van der Waals surface area contributed by atoms with Crippen molar-refractivity contribution in [1.82, 2.24) is 15.0 Å². The summed E-state index contributed by atoms with van der Waals surface area (Å²) < 4.78 is 5.05. The Kier molecular flexibility index (Phi) is 4.88. The lowest BCUT2D eigenvalue weighted by atomic mass is 9.95. The van der Waals surface area contributed by atoms with Gasteiger partial charge in [0.25, 0.3) is 0 Å². The number of carbonyl (C=O) groups excluding carboxylic acids is 1. The summed E-state index contributed by atoms with van der Waals surface area (Å²) in [4.78, 5) is 29.2. The second-order valence-electron chi connectivity index (χ2n) is 5.77. The predicted octanol–water partition coefficient (Wildman–Crippen LogP) is 1.76. The van der Waals surface area contributed by atoms with Crippen LogP contribution < -0.4 is 14.5 Å². The lowest BCUT2D eigenvalue weighted by Crippen LogP contribution is -2.41. The topological polar surface area (TPSA) is 71.5 Å². The molecule has 0 saturated carbocycles. The fourth-order valence-corrected chi connectivity index (χ4v) is 2.87. The Morgan fingerprint density at radius 3 is 2.50 bits per heavy atom. The van der Waals surface area contributed by atoms with Crippen molar-refractivity contribution >= 4 is 17.5 Å². The number of rotatable bonds is 4. The molecule has 0 atom stereocenters. The van der Waals surface area contributed by atoms with Gasteiger partial charge in [-0.1, -0.05) is 0 Å². The molecule has 7 nitrogen and oxygen atoms in total. The molecule has 7 heteroatoms. The molecule has 2 aromatic rings. The van der Waals surface area contributed by atoms with E-state index in [0.717, 1.165) is 37.6 Å². The Morgan fingerprint density at radius 2 is 1.92 bits per heavy atom. The Hall–Kier alpha value is -2.70. The van der Waals surface area contributed by atoms with Gasteiger partial charge in [-0.2, -0.15) is 0 Å². The Balaban J connectivity index is 1.60. The zero-order valence-electron chi connectivity index (χ0n) is 13.9. The van der Waals surface area contributed by atoms with Gasteiger partial charge >= 0.3 is 0 Å². The summed E-state index contributed by atoms with van der Waals surface area (Å²) in [6, 6.07) is 5.41. The quantitative estimate of drug-likeness (QED) is 0.852. The van der Waals surface area contributed by atoms with E-state index >= 15 is 0 Å². The van der Waals surface area contributed by atoms with Crippen LogP contribution in [0.25, 0.3) is 0 Å². The number of ether oxygens (including phenoxy) is 1. The largest absolute Gasteiger partial charge is 0.481 e. The van der Waals surface area contributed by atoms with Crippen molar-refractivity contribution in [1.29, 1.82) is 0 Å². The molecule has 3 rings (SSSR count). The summed E-state index contributed by atoms with van der Waals surface area (Å²) in [5, 5.41) is 0. The van der Waals surface area contributed by atoms with Crippen LogP contribution in [0, 0.1) is 5.92 Å². The average molecular weight is 327 g/mol. The van der Waals surface area contributed by atoms with Crippen molar-refractivity contribution < 1.29 is 9.53 Å². The molecule has 1 fully saturated rings. The van der Waals surface area contributed by atoms with Crippen molar-refractivity contribution in [2.24, 2.45) is 5.92 Å². The molecule has 1 aliphatic heterocycles. The highest BCUT2D eigenvalue weighted by Crippen LogP contribution is 2.24. The highest BCUT2D eigenvalue weighted by Gasteiger charge is 2.28. The van der Waals surface area contributed by atoms with Gasteiger partial charge in [0.2, 0.25) is 17.7 Å². The van der Waals surface area contributed by atoms with E-state index in [9.17, 15) is 4.79 Å². The van der Waals surface area contributed by atoms with Crippen molar-refractivity contribution in [3.63, 3.8) is 0 Å². The third-order valence-corrected chi connectivity index (χ3v) is 4.33. The average Bonchev–Trinajstić information content (AvgIpc) is 2.68. The van der Waals surface area contributed by atoms with Crippen LogP contribution in [-0.4, -0.2) is 48.1 Å². The van der Waals surface area contributed by atoms with E-state index in [0.29, 0.717) is 5.88 Å².